The molecule has 0 spiro atoms. The maximum Gasteiger partial charge on any atom is 0.326 e. The molecular weight excluding hydrogens is 256 g/mol. The summed E-state index contributed by atoms with van der Waals surface area (Å²) in [6.07, 6.45) is 1.38. The highest BCUT2D eigenvalue weighted by Crippen LogP contribution is 2.18. The lowest BCUT2D eigenvalue weighted by Crippen LogP contribution is -2.50. The molecule has 0 unspecified atom stereocenters. The van der Waals surface area contributed by atoms with Gasteiger partial charge in [-0.05, 0) is 25.7 Å². The van der Waals surface area contributed by atoms with Gasteiger partial charge in [0.1, 0.15) is 6.04 Å². The summed E-state index contributed by atoms with van der Waals surface area (Å²) in [4.78, 5) is 32.8. The van der Waals surface area contributed by atoms with Crippen LogP contribution in [0.25, 0.3) is 0 Å². The number of aliphatic carboxylic acids is 2. The van der Waals surface area contributed by atoms with Crippen molar-refractivity contribution < 1.29 is 29.7 Å². The molecule has 0 saturated heterocycles. The third kappa shape index (κ3) is 5.56. The van der Waals surface area contributed by atoms with Gasteiger partial charge in [-0.15, -0.1) is 0 Å². The van der Waals surface area contributed by atoms with Gasteiger partial charge in [0.2, 0.25) is 0 Å². The molecule has 1 rings (SSSR count). The van der Waals surface area contributed by atoms with E-state index < -0.39 is 30.4 Å². The molecular formula is C11H18N2O6. The zero-order valence-electron chi connectivity index (χ0n) is 10.3. The molecule has 0 aliphatic heterocycles. The zero-order chi connectivity index (χ0) is 14.4. The van der Waals surface area contributed by atoms with E-state index in [9.17, 15) is 19.5 Å². The molecule has 0 bridgehead atoms. The van der Waals surface area contributed by atoms with E-state index >= 15 is 0 Å². The average Bonchev–Trinajstić information content (AvgIpc) is 2.30. The van der Waals surface area contributed by atoms with Crippen molar-refractivity contribution in [2.45, 2.75) is 50.3 Å². The van der Waals surface area contributed by atoms with Crippen LogP contribution in [0.15, 0.2) is 0 Å². The average molecular weight is 274 g/mol. The summed E-state index contributed by atoms with van der Waals surface area (Å²) in [6, 6.07) is -2.27. The lowest BCUT2D eigenvalue weighted by atomic mass is 9.93. The SMILES string of the molecule is O=C(O)C[C@H](NC(=O)NC1CCC(O)CC1)C(=O)O. The number of rotatable bonds is 5. The fraction of sp³-hybridized carbons (Fsp3) is 0.727. The third-order valence-electron chi connectivity index (χ3n) is 3.01. The van der Waals surface area contributed by atoms with E-state index in [0.29, 0.717) is 25.7 Å². The number of nitrogens with one attached hydrogen (secondary N) is 2. The second kappa shape index (κ2) is 6.93. The molecule has 5 N–H and O–H groups in total. The Kier molecular flexibility index (Phi) is 5.56. The Hall–Kier alpha value is -1.83. The number of carbonyl (C=O) groups is 3. The van der Waals surface area contributed by atoms with Crippen molar-refractivity contribution in [2.75, 3.05) is 0 Å². The van der Waals surface area contributed by atoms with Crippen LogP contribution in [0.1, 0.15) is 32.1 Å². The first-order valence-electron chi connectivity index (χ1n) is 6.08. The standard InChI is InChI=1S/C11H18N2O6/c14-7-3-1-6(2-4-7)12-11(19)13-8(10(17)18)5-9(15)16/h6-8,14H,1-5H2,(H,15,16)(H,17,18)(H2,12,13,19)/t6?,7?,8-/m0/s1. The van der Waals surface area contributed by atoms with E-state index in [1.165, 1.54) is 0 Å². The van der Waals surface area contributed by atoms with Crippen molar-refractivity contribution in [3.05, 3.63) is 0 Å². The van der Waals surface area contributed by atoms with Crippen LogP contribution in [0.5, 0.6) is 0 Å². The molecule has 1 saturated carbocycles. The maximum atomic E-state index is 11.5. The summed E-state index contributed by atoms with van der Waals surface area (Å²) in [5.74, 6) is -2.69. The third-order valence-corrected chi connectivity index (χ3v) is 3.01. The normalized spacial score (nSPS) is 24.3. The lowest BCUT2D eigenvalue weighted by molar-refractivity contribution is -0.145. The van der Waals surface area contributed by atoms with Gasteiger partial charge in [-0.3, -0.25) is 4.79 Å². The number of urea groups is 1. The molecule has 19 heavy (non-hydrogen) atoms. The summed E-state index contributed by atoms with van der Waals surface area (Å²) in [7, 11) is 0. The van der Waals surface area contributed by atoms with Gasteiger partial charge in [0.15, 0.2) is 0 Å². The second-order valence-electron chi connectivity index (χ2n) is 4.61. The molecule has 1 atom stereocenters. The van der Waals surface area contributed by atoms with Crippen LogP contribution in [0.4, 0.5) is 4.79 Å². The second-order valence-corrected chi connectivity index (χ2v) is 4.61. The quantitative estimate of drug-likeness (QED) is 0.459. The first kappa shape index (κ1) is 15.2. The van der Waals surface area contributed by atoms with Gasteiger partial charge in [-0.2, -0.15) is 0 Å². The van der Waals surface area contributed by atoms with E-state index in [1.807, 2.05) is 0 Å². The van der Waals surface area contributed by atoms with E-state index in [0.717, 1.165) is 0 Å². The fourth-order valence-electron chi connectivity index (χ4n) is 1.98. The largest absolute Gasteiger partial charge is 0.481 e. The van der Waals surface area contributed by atoms with Crippen LogP contribution in [0.3, 0.4) is 0 Å². The summed E-state index contributed by atoms with van der Waals surface area (Å²) >= 11 is 0. The van der Waals surface area contributed by atoms with Crippen LogP contribution >= 0.6 is 0 Å². The van der Waals surface area contributed by atoms with Gasteiger partial charge in [0.25, 0.3) is 0 Å². The Morgan fingerprint density at radius 3 is 2.16 bits per heavy atom. The number of carboxylic acid groups (broad SMARTS) is 2. The van der Waals surface area contributed by atoms with E-state index in [-0.39, 0.29) is 12.1 Å². The van der Waals surface area contributed by atoms with Crippen molar-refractivity contribution in [2.24, 2.45) is 0 Å². The van der Waals surface area contributed by atoms with Gasteiger partial charge in [0.05, 0.1) is 12.5 Å². The van der Waals surface area contributed by atoms with Crippen molar-refractivity contribution >= 4 is 18.0 Å². The van der Waals surface area contributed by atoms with Crippen LogP contribution in [-0.2, 0) is 9.59 Å². The van der Waals surface area contributed by atoms with Gasteiger partial charge in [-0.25, -0.2) is 9.59 Å². The Balaban J connectivity index is 2.40. The van der Waals surface area contributed by atoms with Gasteiger partial charge < -0.3 is 26.0 Å². The van der Waals surface area contributed by atoms with Crippen LogP contribution < -0.4 is 10.6 Å². The summed E-state index contributed by atoms with van der Waals surface area (Å²) in [5.41, 5.74) is 0. The van der Waals surface area contributed by atoms with Crippen LogP contribution in [0.2, 0.25) is 0 Å². The smallest absolute Gasteiger partial charge is 0.326 e. The Bertz CT molecular complexity index is 351. The van der Waals surface area contributed by atoms with Crippen LogP contribution in [-0.4, -0.2) is 51.5 Å². The van der Waals surface area contributed by atoms with E-state index in [1.54, 1.807) is 0 Å². The Morgan fingerprint density at radius 2 is 1.68 bits per heavy atom. The number of hydrogen-bond donors (Lipinski definition) is 5. The number of carboxylic acids is 2. The predicted octanol–water partition coefficient (Wildman–Crippen LogP) is -0.483. The molecule has 0 aromatic rings. The minimum atomic E-state index is -1.45. The molecule has 8 nitrogen and oxygen atoms in total. The number of aliphatic hydroxyl groups is 1. The highest BCUT2D eigenvalue weighted by atomic mass is 16.4. The fourth-order valence-corrected chi connectivity index (χ4v) is 1.98. The molecule has 0 radical (unpaired) electrons. The minimum Gasteiger partial charge on any atom is -0.481 e. The summed E-state index contributed by atoms with van der Waals surface area (Å²) in [6.45, 7) is 0. The molecule has 1 aliphatic carbocycles. The maximum absolute atomic E-state index is 11.5. The van der Waals surface area contributed by atoms with Gasteiger partial charge >= 0.3 is 18.0 Å². The lowest BCUT2D eigenvalue weighted by Gasteiger charge is -2.26. The number of aliphatic hydroxyl groups excluding tert-OH is 1. The topological polar surface area (TPSA) is 136 Å². The number of hydrogen-bond acceptors (Lipinski definition) is 4. The first-order valence-corrected chi connectivity index (χ1v) is 6.08. The number of carbonyl (C=O) groups excluding carboxylic acids is 1. The molecule has 8 heteroatoms. The Morgan fingerprint density at radius 1 is 1.11 bits per heavy atom. The highest BCUT2D eigenvalue weighted by molar-refractivity contribution is 5.86. The molecule has 0 aromatic heterocycles. The van der Waals surface area contributed by atoms with Crippen LogP contribution in [0, 0.1) is 0 Å². The van der Waals surface area contributed by atoms with Crippen molar-refractivity contribution in [3.63, 3.8) is 0 Å². The summed E-state index contributed by atoms with van der Waals surface area (Å²) < 4.78 is 0. The molecule has 108 valence electrons. The highest BCUT2D eigenvalue weighted by Gasteiger charge is 2.25. The monoisotopic (exact) mass is 274 g/mol. The Labute approximate surface area is 109 Å². The number of amides is 2. The van der Waals surface area contributed by atoms with Crippen molar-refractivity contribution in [1.82, 2.24) is 10.6 Å². The molecule has 0 heterocycles. The summed E-state index contributed by atoms with van der Waals surface area (Å²) in [5, 5.41) is 31.3. The van der Waals surface area contributed by atoms with E-state index in [2.05, 4.69) is 10.6 Å². The molecule has 2 amide bonds. The van der Waals surface area contributed by atoms with Crippen molar-refractivity contribution in [3.8, 4) is 0 Å². The molecule has 0 aromatic carbocycles. The minimum absolute atomic E-state index is 0.123. The molecule has 1 aliphatic rings. The predicted molar refractivity (Wildman–Crippen MR) is 63.6 cm³/mol. The van der Waals surface area contributed by atoms with Gasteiger partial charge in [0, 0.05) is 6.04 Å². The van der Waals surface area contributed by atoms with E-state index in [4.69, 9.17) is 10.2 Å². The van der Waals surface area contributed by atoms with Crippen molar-refractivity contribution in [1.29, 1.82) is 0 Å². The molecule has 1 fully saturated rings. The zero-order valence-corrected chi connectivity index (χ0v) is 10.3. The van der Waals surface area contributed by atoms with Gasteiger partial charge in [-0.1, -0.05) is 0 Å². The first-order chi connectivity index (χ1) is 8.88.